The number of esters is 1. The molecule has 0 spiro atoms. The van der Waals surface area contributed by atoms with Crippen LogP contribution < -0.4 is 10.1 Å². The number of aromatic nitrogens is 1. The quantitative estimate of drug-likeness (QED) is 0.587. The Bertz CT molecular complexity index is 682. The van der Waals surface area contributed by atoms with E-state index in [1.54, 1.807) is 6.20 Å². The maximum Gasteiger partial charge on any atom is 0.343 e. The second-order valence-electron chi connectivity index (χ2n) is 5.82. The Morgan fingerprint density at radius 3 is 2.52 bits per heavy atom. The maximum absolute atomic E-state index is 11.0. The molecule has 0 aliphatic rings. The first-order chi connectivity index (χ1) is 12.0. The summed E-state index contributed by atoms with van der Waals surface area (Å²) in [6.07, 6.45) is 2.01. The third-order valence-corrected chi connectivity index (χ3v) is 4.69. The van der Waals surface area contributed by atoms with Crippen LogP contribution >= 0.6 is 36.2 Å². The minimum absolute atomic E-state index is 0. The number of halogens is 2. The second-order valence-corrected chi connectivity index (χ2v) is 7.09. The van der Waals surface area contributed by atoms with Gasteiger partial charge in [0.15, 0.2) is 6.61 Å². The van der Waals surface area contributed by atoms with E-state index in [2.05, 4.69) is 22.0 Å². The highest BCUT2D eigenvalue weighted by molar-refractivity contribution is 7.11. The van der Waals surface area contributed by atoms with E-state index in [9.17, 15) is 9.90 Å². The summed E-state index contributed by atoms with van der Waals surface area (Å²) in [6.45, 7) is 4.40. The van der Waals surface area contributed by atoms with Gasteiger partial charge in [0.1, 0.15) is 11.9 Å². The SMILES string of the molecule is COC(=O)COc1ccc(CC(C)NCC(O)c2cnc(C)s2)cc1.Cl.Cl. The zero-order valence-corrected chi connectivity index (χ0v) is 18.0. The van der Waals surface area contributed by atoms with Gasteiger partial charge in [-0.25, -0.2) is 9.78 Å². The number of aliphatic hydroxyl groups is 1. The minimum atomic E-state index is -0.539. The Kier molecular flexibility index (Phi) is 12.2. The van der Waals surface area contributed by atoms with Crippen LogP contribution in [0.1, 0.15) is 28.5 Å². The summed E-state index contributed by atoms with van der Waals surface area (Å²) in [5.74, 6) is 0.224. The molecular weight excluding hydrogens is 411 g/mol. The van der Waals surface area contributed by atoms with Gasteiger partial charge in [0, 0.05) is 18.8 Å². The van der Waals surface area contributed by atoms with Crippen LogP contribution in [0.15, 0.2) is 30.5 Å². The van der Waals surface area contributed by atoms with Crippen molar-refractivity contribution < 1.29 is 19.4 Å². The van der Waals surface area contributed by atoms with Crippen molar-refractivity contribution >= 4 is 42.1 Å². The molecule has 0 aliphatic heterocycles. The summed E-state index contributed by atoms with van der Waals surface area (Å²) < 4.78 is 9.85. The molecule has 27 heavy (non-hydrogen) atoms. The van der Waals surface area contributed by atoms with Crippen LogP contribution in [0.3, 0.4) is 0 Å². The molecule has 1 aromatic heterocycles. The zero-order chi connectivity index (χ0) is 18.2. The van der Waals surface area contributed by atoms with Gasteiger partial charge in [-0.1, -0.05) is 12.1 Å². The van der Waals surface area contributed by atoms with E-state index in [1.807, 2.05) is 31.2 Å². The van der Waals surface area contributed by atoms with Gasteiger partial charge >= 0.3 is 5.97 Å². The number of aliphatic hydroxyl groups excluding tert-OH is 1. The van der Waals surface area contributed by atoms with E-state index in [0.717, 1.165) is 21.9 Å². The number of methoxy groups -OCH3 is 1. The highest BCUT2D eigenvalue weighted by atomic mass is 35.5. The molecule has 2 aromatic rings. The molecule has 0 fully saturated rings. The molecule has 2 rings (SSSR count). The fourth-order valence-electron chi connectivity index (χ4n) is 2.29. The van der Waals surface area contributed by atoms with Crippen LogP contribution in [0.4, 0.5) is 0 Å². The molecule has 2 unspecified atom stereocenters. The topological polar surface area (TPSA) is 80.7 Å². The summed E-state index contributed by atoms with van der Waals surface area (Å²) in [5, 5.41) is 14.5. The summed E-state index contributed by atoms with van der Waals surface area (Å²) >= 11 is 1.51. The van der Waals surface area contributed by atoms with E-state index >= 15 is 0 Å². The molecule has 0 saturated carbocycles. The number of aryl methyl sites for hydroxylation is 1. The van der Waals surface area contributed by atoms with Gasteiger partial charge in [-0.3, -0.25) is 0 Å². The van der Waals surface area contributed by atoms with Crippen LogP contribution in [0.2, 0.25) is 0 Å². The Labute approximate surface area is 176 Å². The summed E-state index contributed by atoms with van der Waals surface area (Å²) in [7, 11) is 1.33. The smallest absolute Gasteiger partial charge is 0.343 e. The average molecular weight is 437 g/mol. The van der Waals surface area contributed by atoms with Crippen molar-refractivity contribution in [1.82, 2.24) is 10.3 Å². The molecule has 6 nitrogen and oxygen atoms in total. The number of hydrogen-bond acceptors (Lipinski definition) is 7. The van der Waals surface area contributed by atoms with Crippen LogP contribution in [0, 0.1) is 6.92 Å². The number of carbonyl (C=O) groups is 1. The third-order valence-electron chi connectivity index (χ3n) is 3.68. The number of nitrogens with one attached hydrogen (secondary N) is 1. The Balaban J connectivity index is 0.00000338. The highest BCUT2D eigenvalue weighted by Gasteiger charge is 2.12. The molecule has 9 heteroatoms. The minimum Gasteiger partial charge on any atom is -0.482 e. The highest BCUT2D eigenvalue weighted by Crippen LogP contribution is 2.20. The van der Waals surface area contributed by atoms with Crippen molar-refractivity contribution in [2.24, 2.45) is 0 Å². The third kappa shape index (κ3) is 8.90. The van der Waals surface area contributed by atoms with Gasteiger partial charge in [0.05, 0.1) is 17.0 Å². The largest absolute Gasteiger partial charge is 0.482 e. The van der Waals surface area contributed by atoms with Gasteiger partial charge in [-0.2, -0.15) is 0 Å². The van der Waals surface area contributed by atoms with Crippen molar-refractivity contribution in [2.45, 2.75) is 32.4 Å². The first-order valence-corrected chi connectivity index (χ1v) is 8.92. The van der Waals surface area contributed by atoms with Crippen molar-refractivity contribution in [2.75, 3.05) is 20.3 Å². The monoisotopic (exact) mass is 436 g/mol. The number of benzene rings is 1. The second kappa shape index (κ2) is 12.9. The summed E-state index contributed by atoms with van der Waals surface area (Å²) in [6, 6.07) is 7.81. The molecule has 2 atom stereocenters. The van der Waals surface area contributed by atoms with E-state index < -0.39 is 12.1 Å². The number of carbonyl (C=O) groups excluding carboxylic acids is 1. The molecule has 0 radical (unpaired) electrons. The normalized spacial score (nSPS) is 12.3. The Hall–Kier alpha value is -1.38. The number of ether oxygens (including phenoxy) is 2. The fourth-order valence-corrected chi connectivity index (χ4v) is 3.07. The maximum atomic E-state index is 11.0. The van der Waals surface area contributed by atoms with Crippen LogP contribution in [0.5, 0.6) is 5.75 Å². The van der Waals surface area contributed by atoms with Crippen LogP contribution in [-0.4, -0.2) is 42.4 Å². The van der Waals surface area contributed by atoms with E-state index in [4.69, 9.17) is 4.74 Å². The first-order valence-electron chi connectivity index (χ1n) is 8.10. The van der Waals surface area contributed by atoms with Gasteiger partial charge in [-0.15, -0.1) is 36.2 Å². The van der Waals surface area contributed by atoms with Crippen LogP contribution in [0.25, 0.3) is 0 Å². The number of hydrogen-bond donors (Lipinski definition) is 2. The lowest BCUT2D eigenvalue weighted by atomic mass is 10.1. The standard InChI is InChI=1S/C18H24N2O4S.2ClH/c1-12(19-9-16(21)17-10-20-13(2)25-17)8-14-4-6-15(7-5-14)24-11-18(22)23-3;;/h4-7,10,12,16,19,21H,8-9,11H2,1-3H3;2*1H. The van der Waals surface area contributed by atoms with Gasteiger partial charge in [0.25, 0.3) is 0 Å². The fraction of sp³-hybridized carbons (Fsp3) is 0.444. The van der Waals surface area contributed by atoms with Gasteiger partial charge < -0.3 is 19.9 Å². The number of rotatable bonds is 9. The summed E-state index contributed by atoms with van der Waals surface area (Å²) in [4.78, 5) is 16.1. The molecule has 2 N–H and O–H groups in total. The first kappa shape index (κ1) is 25.6. The van der Waals surface area contributed by atoms with Crippen molar-refractivity contribution in [1.29, 1.82) is 0 Å². The van der Waals surface area contributed by atoms with Crippen molar-refractivity contribution in [3.05, 3.63) is 45.9 Å². The van der Waals surface area contributed by atoms with E-state index in [0.29, 0.717) is 12.3 Å². The van der Waals surface area contributed by atoms with Crippen LogP contribution in [-0.2, 0) is 16.0 Å². The zero-order valence-electron chi connectivity index (χ0n) is 15.5. The predicted molar refractivity (Wildman–Crippen MR) is 111 cm³/mol. The summed E-state index contributed by atoms with van der Waals surface area (Å²) in [5.41, 5.74) is 1.15. The van der Waals surface area contributed by atoms with E-state index in [1.165, 1.54) is 18.4 Å². The average Bonchev–Trinajstić information content (AvgIpc) is 3.05. The molecule has 1 heterocycles. The molecule has 0 aliphatic carbocycles. The lowest BCUT2D eigenvalue weighted by molar-refractivity contribution is -0.142. The predicted octanol–water partition coefficient (Wildman–Crippen LogP) is 3.10. The Morgan fingerprint density at radius 2 is 1.96 bits per heavy atom. The molecule has 0 bridgehead atoms. The van der Waals surface area contributed by atoms with Crippen molar-refractivity contribution in [3.63, 3.8) is 0 Å². The molecule has 0 amide bonds. The molecule has 152 valence electrons. The van der Waals surface area contributed by atoms with Gasteiger partial charge in [-0.05, 0) is 38.0 Å². The lowest BCUT2D eigenvalue weighted by Gasteiger charge is -2.16. The van der Waals surface area contributed by atoms with Crippen molar-refractivity contribution in [3.8, 4) is 5.75 Å². The van der Waals surface area contributed by atoms with E-state index in [-0.39, 0.29) is 37.5 Å². The lowest BCUT2D eigenvalue weighted by Crippen LogP contribution is -2.31. The van der Waals surface area contributed by atoms with Gasteiger partial charge in [0.2, 0.25) is 0 Å². The number of nitrogens with zero attached hydrogens (tertiary/aromatic N) is 1. The molecule has 1 aromatic carbocycles. The molecule has 0 saturated heterocycles. The number of thiazole rings is 1. The molecular formula is C18H26Cl2N2O4S. The Morgan fingerprint density at radius 1 is 1.30 bits per heavy atom.